The Kier molecular flexibility index (Phi) is 8.54. The number of nitro groups is 1. The van der Waals surface area contributed by atoms with E-state index in [1.54, 1.807) is 12.1 Å². The minimum Gasteiger partial charge on any atom is -0.494 e. The molecular formula is C26H34N4O5. The maximum Gasteiger partial charge on any atom is 0.306 e. The van der Waals surface area contributed by atoms with Gasteiger partial charge >= 0.3 is 5.97 Å². The van der Waals surface area contributed by atoms with Crippen LogP contribution < -0.4 is 9.64 Å². The van der Waals surface area contributed by atoms with Crippen LogP contribution in [0.4, 0.5) is 11.4 Å². The van der Waals surface area contributed by atoms with E-state index in [0.29, 0.717) is 6.61 Å². The van der Waals surface area contributed by atoms with Crippen molar-refractivity contribution in [3.8, 4) is 5.75 Å². The molecule has 2 aromatic carbocycles. The van der Waals surface area contributed by atoms with Gasteiger partial charge in [-0.25, -0.2) is 0 Å². The van der Waals surface area contributed by atoms with Gasteiger partial charge in [0.15, 0.2) is 0 Å². The molecule has 0 atom stereocenters. The fourth-order valence-electron chi connectivity index (χ4n) is 4.78. The van der Waals surface area contributed by atoms with Crippen LogP contribution in [0, 0.1) is 16.0 Å². The molecule has 0 bridgehead atoms. The molecule has 2 heterocycles. The zero-order valence-corrected chi connectivity index (χ0v) is 20.1. The second-order valence-electron chi connectivity index (χ2n) is 9.34. The first-order valence-corrected chi connectivity index (χ1v) is 12.4. The number of aliphatic carboxylic acids is 1. The summed E-state index contributed by atoms with van der Waals surface area (Å²) in [5.41, 5.74) is 2.38. The first-order valence-electron chi connectivity index (χ1n) is 12.4. The van der Waals surface area contributed by atoms with E-state index < -0.39 is 5.97 Å². The summed E-state index contributed by atoms with van der Waals surface area (Å²) in [4.78, 5) is 28.6. The number of carboxylic acids is 1. The van der Waals surface area contributed by atoms with E-state index >= 15 is 0 Å². The number of non-ortho nitro benzene ring substituents is 1. The van der Waals surface area contributed by atoms with Gasteiger partial charge in [0.25, 0.3) is 5.69 Å². The lowest BCUT2D eigenvalue weighted by molar-refractivity contribution is -0.384. The van der Waals surface area contributed by atoms with Crippen LogP contribution in [0.1, 0.15) is 24.8 Å². The van der Waals surface area contributed by atoms with Gasteiger partial charge in [0.1, 0.15) is 5.75 Å². The minimum atomic E-state index is -0.671. The van der Waals surface area contributed by atoms with Gasteiger partial charge in [-0.3, -0.25) is 24.7 Å². The molecule has 9 heteroatoms. The van der Waals surface area contributed by atoms with Crippen molar-refractivity contribution in [3.05, 3.63) is 64.2 Å². The molecule has 0 spiro atoms. The molecule has 35 heavy (non-hydrogen) atoms. The van der Waals surface area contributed by atoms with Gasteiger partial charge in [-0.15, -0.1) is 0 Å². The molecule has 2 aromatic rings. The molecule has 9 nitrogen and oxygen atoms in total. The number of piperazine rings is 1. The Labute approximate surface area is 206 Å². The number of ether oxygens (including phenoxy) is 1. The van der Waals surface area contributed by atoms with Crippen molar-refractivity contribution >= 4 is 17.3 Å². The third kappa shape index (κ3) is 7.16. The number of nitrogens with zero attached hydrogens (tertiary/aromatic N) is 4. The van der Waals surface area contributed by atoms with Crippen molar-refractivity contribution in [1.82, 2.24) is 9.80 Å². The highest BCUT2D eigenvalue weighted by atomic mass is 16.6. The maximum atomic E-state index is 11.1. The summed E-state index contributed by atoms with van der Waals surface area (Å²) in [6.07, 6.45) is 2.41. The number of rotatable bonds is 10. The minimum absolute atomic E-state index is 0.125. The number of likely N-dealkylation sites (tertiary alicyclic amines) is 1. The predicted octanol–water partition coefficient (Wildman–Crippen LogP) is 3.48. The van der Waals surface area contributed by atoms with Crippen LogP contribution in [-0.2, 0) is 11.3 Å². The van der Waals surface area contributed by atoms with Crippen LogP contribution in [0.25, 0.3) is 0 Å². The monoisotopic (exact) mass is 482 g/mol. The first kappa shape index (κ1) is 24.9. The summed E-state index contributed by atoms with van der Waals surface area (Å²) in [5, 5.41) is 19.9. The summed E-state index contributed by atoms with van der Waals surface area (Å²) in [6, 6.07) is 15.0. The average Bonchev–Trinajstić information content (AvgIpc) is 2.88. The topological polar surface area (TPSA) is 99.4 Å². The van der Waals surface area contributed by atoms with E-state index in [0.717, 1.165) is 83.1 Å². The van der Waals surface area contributed by atoms with Gasteiger partial charge in [-0.1, -0.05) is 12.1 Å². The number of carboxylic acid groups (broad SMARTS) is 1. The molecule has 0 amide bonds. The Hall–Kier alpha value is -3.17. The Morgan fingerprint density at radius 3 is 2.20 bits per heavy atom. The lowest BCUT2D eigenvalue weighted by atomic mass is 9.97. The molecule has 0 aromatic heterocycles. The number of hydrogen-bond acceptors (Lipinski definition) is 7. The van der Waals surface area contributed by atoms with E-state index in [4.69, 9.17) is 9.84 Å². The summed E-state index contributed by atoms with van der Waals surface area (Å²) < 4.78 is 5.93. The molecule has 2 saturated heterocycles. The number of hydrogen-bond donors (Lipinski definition) is 1. The molecule has 0 aliphatic carbocycles. The van der Waals surface area contributed by atoms with E-state index in [1.807, 2.05) is 24.3 Å². The average molecular weight is 483 g/mol. The van der Waals surface area contributed by atoms with Crippen LogP contribution in [-0.4, -0.2) is 78.2 Å². The Morgan fingerprint density at radius 1 is 0.943 bits per heavy atom. The fourth-order valence-corrected chi connectivity index (χ4v) is 4.78. The Balaban J connectivity index is 1.11. The zero-order valence-electron chi connectivity index (χ0n) is 20.1. The summed E-state index contributed by atoms with van der Waals surface area (Å²) in [6.45, 7) is 7.92. The predicted molar refractivity (Wildman–Crippen MR) is 134 cm³/mol. The van der Waals surface area contributed by atoms with Crippen LogP contribution in [0.5, 0.6) is 5.75 Å². The molecule has 0 saturated carbocycles. The standard InChI is InChI=1S/C26H34N4O5/c31-26(32)22-10-13-28(14-11-22)20-21-2-8-25(9-3-21)35-19-1-12-27-15-17-29(18-16-27)23-4-6-24(7-5-23)30(33)34/h2-9,22H,1,10-20H2,(H,31,32). The SMILES string of the molecule is O=C(O)C1CCN(Cc2ccc(OCCCN3CCN(c4ccc([N+](=O)[O-])cc4)CC3)cc2)CC1. The second-order valence-corrected chi connectivity index (χ2v) is 9.34. The molecule has 2 fully saturated rings. The lowest BCUT2D eigenvalue weighted by Crippen LogP contribution is -2.46. The Bertz CT molecular complexity index is 966. The van der Waals surface area contributed by atoms with Crippen LogP contribution in [0.2, 0.25) is 0 Å². The summed E-state index contributed by atoms with van der Waals surface area (Å²) in [7, 11) is 0. The first-order chi connectivity index (χ1) is 17.0. The maximum absolute atomic E-state index is 11.1. The van der Waals surface area contributed by atoms with Crippen LogP contribution in [0.3, 0.4) is 0 Å². The number of nitro benzene ring substituents is 1. The van der Waals surface area contributed by atoms with E-state index in [2.05, 4.69) is 26.8 Å². The summed E-state index contributed by atoms with van der Waals surface area (Å²) >= 11 is 0. The van der Waals surface area contributed by atoms with Gasteiger partial charge in [-0.05, 0) is 62.2 Å². The highest BCUT2D eigenvalue weighted by molar-refractivity contribution is 5.70. The largest absolute Gasteiger partial charge is 0.494 e. The van der Waals surface area contributed by atoms with Crippen molar-refractivity contribution in [2.75, 3.05) is 57.3 Å². The van der Waals surface area contributed by atoms with E-state index in [1.165, 1.54) is 5.56 Å². The van der Waals surface area contributed by atoms with Crippen molar-refractivity contribution in [1.29, 1.82) is 0 Å². The smallest absolute Gasteiger partial charge is 0.306 e. The van der Waals surface area contributed by atoms with Crippen molar-refractivity contribution in [3.63, 3.8) is 0 Å². The summed E-state index contributed by atoms with van der Waals surface area (Å²) in [5.74, 6) is 0.0120. The zero-order chi connectivity index (χ0) is 24.6. The molecule has 1 N–H and O–H groups in total. The van der Waals surface area contributed by atoms with Crippen molar-refractivity contribution in [2.24, 2.45) is 5.92 Å². The number of anilines is 1. The van der Waals surface area contributed by atoms with Crippen molar-refractivity contribution in [2.45, 2.75) is 25.8 Å². The second kappa shape index (κ2) is 12.0. The van der Waals surface area contributed by atoms with Gasteiger partial charge in [0, 0.05) is 57.1 Å². The van der Waals surface area contributed by atoms with Gasteiger partial charge in [-0.2, -0.15) is 0 Å². The number of carbonyl (C=O) groups is 1. The fraction of sp³-hybridized carbons (Fsp3) is 0.500. The molecule has 0 radical (unpaired) electrons. The molecular weight excluding hydrogens is 448 g/mol. The van der Waals surface area contributed by atoms with Crippen LogP contribution in [0.15, 0.2) is 48.5 Å². The van der Waals surface area contributed by atoms with Crippen molar-refractivity contribution < 1.29 is 19.6 Å². The highest BCUT2D eigenvalue weighted by Crippen LogP contribution is 2.22. The molecule has 188 valence electrons. The van der Waals surface area contributed by atoms with Gasteiger partial charge < -0.3 is 14.7 Å². The lowest BCUT2D eigenvalue weighted by Gasteiger charge is -2.36. The van der Waals surface area contributed by atoms with Gasteiger partial charge in [0.2, 0.25) is 0 Å². The third-order valence-electron chi connectivity index (χ3n) is 6.95. The van der Waals surface area contributed by atoms with Gasteiger partial charge in [0.05, 0.1) is 17.4 Å². The molecule has 2 aliphatic rings. The Morgan fingerprint density at radius 2 is 1.60 bits per heavy atom. The number of piperidine rings is 1. The normalized spacial score (nSPS) is 17.9. The van der Waals surface area contributed by atoms with E-state index in [9.17, 15) is 14.9 Å². The molecule has 0 unspecified atom stereocenters. The molecule has 4 rings (SSSR count). The number of benzene rings is 2. The van der Waals surface area contributed by atoms with E-state index in [-0.39, 0.29) is 16.5 Å². The molecule has 2 aliphatic heterocycles. The van der Waals surface area contributed by atoms with Crippen LogP contribution >= 0.6 is 0 Å². The quantitative estimate of drug-likeness (QED) is 0.312. The third-order valence-corrected chi connectivity index (χ3v) is 6.95. The highest BCUT2D eigenvalue weighted by Gasteiger charge is 2.24.